The first-order chi connectivity index (χ1) is 8.70. The number of carbonyl (C=O) groups excluding carboxylic acids is 1. The van der Waals surface area contributed by atoms with E-state index in [1.807, 2.05) is 36.1 Å². The molecule has 1 aliphatic rings. The van der Waals surface area contributed by atoms with Gasteiger partial charge in [-0.2, -0.15) is 0 Å². The zero-order valence-electron chi connectivity index (χ0n) is 10.8. The lowest BCUT2D eigenvalue weighted by atomic mass is 10.1. The van der Waals surface area contributed by atoms with Crippen molar-refractivity contribution in [2.24, 2.45) is 5.73 Å². The molecular weight excluding hydrogens is 228 g/mol. The van der Waals surface area contributed by atoms with E-state index < -0.39 is 0 Å². The van der Waals surface area contributed by atoms with Gasteiger partial charge >= 0.3 is 0 Å². The molecule has 1 aromatic carbocycles. The van der Waals surface area contributed by atoms with Gasteiger partial charge in [0.1, 0.15) is 0 Å². The Morgan fingerprint density at radius 2 is 2.17 bits per heavy atom. The molecule has 4 heteroatoms. The van der Waals surface area contributed by atoms with Crippen LogP contribution in [0, 0.1) is 0 Å². The van der Waals surface area contributed by atoms with Crippen LogP contribution < -0.4 is 5.73 Å². The average molecular weight is 248 g/mol. The monoisotopic (exact) mass is 248 g/mol. The fraction of sp³-hybridized carbons (Fsp3) is 0.500. The largest absolute Gasteiger partial charge is 0.377 e. The second-order valence-corrected chi connectivity index (χ2v) is 4.69. The Morgan fingerprint density at radius 3 is 2.83 bits per heavy atom. The number of ether oxygens (including phenoxy) is 1. The Hall–Kier alpha value is -1.39. The SMILES string of the molecule is CC1CN(C(=O)c2ccc(CN)cc2)CCCO1. The van der Waals surface area contributed by atoms with Crippen LogP contribution in [-0.4, -0.2) is 36.6 Å². The highest BCUT2D eigenvalue weighted by molar-refractivity contribution is 5.94. The summed E-state index contributed by atoms with van der Waals surface area (Å²) in [5.74, 6) is 0.0796. The molecule has 1 fully saturated rings. The Bertz CT molecular complexity index is 403. The molecule has 0 aromatic heterocycles. The lowest BCUT2D eigenvalue weighted by Crippen LogP contribution is -2.35. The molecule has 0 saturated carbocycles. The van der Waals surface area contributed by atoms with Gasteiger partial charge in [-0.05, 0) is 31.0 Å². The van der Waals surface area contributed by atoms with Crippen LogP contribution in [0.4, 0.5) is 0 Å². The van der Waals surface area contributed by atoms with Crippen LogP contribution in [-0.2, 0) is 11.3 Å². The standard InChI is InChI=1S/C14H20N2O2/c1-11-10-16(7-2-8-18-11)14(17)13-5-3-12(9-15)4-6-13/h3-6,11H,2,7-10,15H2,1H3. The molecular formula is C14H20N2O2. The van der Waals surface area contributed by atoms with Crippen LogP contribution in [0.25, 0.3) is 0 Å². The zero-order chi connectivity index (χ0) is 13.0. The molecule has 1 atom stereocenters. The van der Waals surface area contributed by atoms with Crippen LogP contribution >= 0.6 is 0 Å². The highest BCUT2D eigenvalue weighted by Gasteiger charge is 2.20. The topological polar surface area (TPSA) is 55.6 Å². The summed E-state index contributed by atoms with van der Waals surface area (Å²) in [7, 11) is 0. The minimum atomic E-state index is 0.0796. The summed E-state index contributed by atoms with van der Waals surface area (Å²) < 4.78 is 5.55. The number of carbonyl (C=O) groups is 1. The van der Waals surface area contributed by atoms with Gasteiger partial charge in [-0.3, -0.25) is 4.79 Å². The Balaban J connectivity index is 2.08. The molecule has 1 saturated heterocycles. The lowest BCUT2D eigenvalue weighted by molar-refractivity contribution is 0.0562. The summed E-state index contributed by atoms with van der Waals surface area (Å²) in [5.41, 5.74) is 7.31. The van der Waals surface area contributed by atoms with Crippen LogP contribution in [0.2, 0.25) is 0 Å². The van der Waals surface area contributed by atoms with E-state index in [1.165, 1.54) is 0 Å². The van der Waals surface area contributed by atoms with Crippen molar-refractivity contribution in [3.63, 3.8) is 0 Å². The number of nitrogens with two attached hydrogens (primary N) is 1. The van der Waals surface area contributed by atoms with E-state index in [4.69, 9.17) is 10.5 Å². The predicted molar refractivity (Wildman–Crippen MR) is 70.3 cm³/mol. The maximum Gasteiger partial charge on any atom is 0.253 e. The maximum atomic E-state index is 12.3. The molecule has 2 N–H and O–H groups in total. The van der Waals surface area contributed by atoms with Gasteiger partial charge in [-0.25, -0.2) is 0 Å². The number of hydrogen-bond acceptors (Lipinski definition) is 3. The van der Waals surface area contributed by atoms with Crippen LogP contribution in [0.3, 0.4) is 0 Å². The Labute approximate surface area is 108 Å². The molecule has 1 amide bonds. The highest BCUT2D eigenvalue weighted by atomic mass is 16.5. The second-order valence-electron chi connectivity index (χ2n) is 4.69. The van der Waals surface area contributed by atoms with Gasteiger partial charge in [0.05, 0.1) is 6.10 Å². The molecule has 1 heterocycles. The van der Waals surface area contributed by atoms with Gasteiger partial charge in [0.15, 0.2) is 0 Å². The zero-order valence-corrected chi connectivity index (χ0v) is 10.8. The molecule has 1 aliphatic heterocycles. The van der Waals surface area contributed by atoms with Gasteiger partial charge in [0.2, 0.25) is 0 Å². The summed E-state index contributed by atoms with van der Waals surface area (Å²) >= 11 is 0. The normalized spacial score (nSPS) is 20.6. The van der Waals surface area contributed by atoms with Crippen LogP contribution in [0.5, 0.6) is 0 Å². The van der Waals surface area contributed by atoms with E-state index >= 15 is 0 Å². The molecule has 0 spiro atoms. The predicted octanol–water partition coefficient (Wildman–Crippen LogP) is 1.40. The maximum absolute atomic E-state index is 12.3. The Morgan fingerprint density at radius 1 is 1.44 bits per heavy atom. The minimum absolute atomic E-state index is 0.0796. The number of amides is 1. The van der Waals surface area contributed by atoms with E-state index in [9.17, 15) is 4.79 Å². The molecule has 1 unspecified atom stereocenters. The smallest absolute Gasteiger partial charge is 0.253 e. The molecule has 18 heavy (non-hydrogen) atoms. The minimum Gasteiger partial charge on any atom is -0.377 e. The third-order valence-electron chi connectivity index (χ3n) is 3.18. The molecule has 0 radical (unpaired) electrons. The molecule has 0 bridgehead atoms. The second kappa shape index (κ2) is 5.98. The van der Waals surface area contributed by atoms with Crippen LogP contribution in [0.1, 0.15) is 29.3 Å². The van der Waals surface area contributed by atoms with Crippen molar-refractivity contribution in [1.82, 2.24) is 4.90 Å². The number of rotatable bonds is 2. The van der Waals surface area contributed by atoms with Crippen molar-refractivity contribution in [1.29, 1.82) is 0 Å². The quantitative estimate of drug-likeness (QED) is 0.860. The molecule has 4 nitrogen and oxygen atoms in total. The highest BCUT2D eigenvalue weighted by Crippen LogP contribution is 2.11. The fourth-order valence-electron chi connectivity index (χ4n) is 2.14. The van der Waals surface area contributed by atoms with Gasteiger partial charge in [-0.15, -0.1) is 0 Å². The van der Waals surface area contributed by atoms with E-state index in [0.29, 0.717) is 13.1 Å². The summed E-state index contributed by atoms with van der Waals surface area (Å²) in [6.07, 6.45) is 1.01. The van der Waals surface area contributed by atoms with Crippen molar-refractivity contribution in [2.45, 2.75) is 26.0 Å². The van der Waals surface area contributed by atoms with Crippen molar-refractivity contribution in [3.8, 4) is 0 Å². The average Bonchev–Trinajstić information content (AvgIpc) is 2.63. The third-order valence-corrected chi connectivity index (χ3v) is 3.18. The molecule has 98 valence electrons. The first kappa shape index (κ1) is 13.1. The van der Waals surface area contributed by atoms with Crippen molar-refractivity contribution in [2.75, 3.05) is 19.7 Å². The summed E-state index contributed by atoms with van der Waals surface area (Å²) in [6, 6.07) is 7.51. The van der Waals surface area contributed by atoms with E-state index in [2.05, 4.69) is 0 Å². The fourth-order valence-corrected chi connectivity index (χ4v) is 2.14. The molecule has 0 aliphatic carbocycles. The number of benzene rings is 1. The van der Waals surface area contributed by atoms with Gasteiger partial charge in [-0.1, -0.05) is 12.1 Å². The van der Waals surface area contributed by atoms with Gasteiger partial charge < -0.3 is 15.4 Å². The van der Waals surface area contributed by atoms with E-state index in [1.54, 1.807) is 0 Å². The van der Waals surface area contributed by atoms with Gasteiger partial charge in [0, 0.05) is 31.8 Å². The van der Waals surface area contributed by atoms with Gasteiger partial charge in [0.25, 0.3) is 5.91 Å². The summed E-state index contributed by atoms with van der Waals surface area (Å²) in [5, 5.41) is 0. The van der Waals surface area contributed by atoms with Crippen molar-refractivity contribution in [3.05, 3.63) is 35.4 Å². The third kappa shape index (κ3) is 3.09. The molecule has 2 rings (SSSR count). The number of hydrogen-bond donors (Lipinski definition) is 1. The first-order valence-corrected chi connectivity index (χ1v) is 6.40. The van der Waals surface area contributed by atoms with Crippen molar-refractivity contribution >= 4 is 5.91 Å². The first-order valence-electron chi connectivity index (χ1n) is 6.40. The van der Waals surface area contributed by atoms with Crippen LogP contribution in [0.15, 0.2) is 24.3 Å². The molecule has 1 aromatic rings. The summed E-state index contributed by atoms with van der Waals surface area (Å²) in [4.78, 5) is 14.2. The van der Waals surface area contributed by atoms with E-state index in [-0.39, 0.29) is 12.0 Å². The summed E-state index contributed by atoms with van der Waals surface area (Å²) in [6.45, 7) is 4.67. The number of nitrogens with zero attached hydrogens (tertiary/aromatic N) is 1. The van der Waals surface area contributed by atoms with E-state index in [0.717, 1.165) is 30.7 Å². The Kier molecular flexibility index (Phi) is 4.33. The lowest BCUT2D eigenvalue weighted by Gasteiger charge is -2.22. The van der Waals surface area contributed by atoms with Crippen molar-refractivity contribution < 1.29 is 9.53 Å².